The van der Waals surface area contributed by atoms with Crippen molar-refractivity contribution in [1.29, 1.82) is 0 Å². The SMILES string of the molecule is COCCCN1C(=O)[C@H](CC(=O)Nc2ccc(Cl)cc2)SC1=Nc1ccc(C)cc1. The van der Waals surface area contributed by atoms with E-state index >= 15 is 0 Å². The number of nitrogens with zero attached hydrogens (tertiary/aromatic N) is 2. The van der Waals surface area contributed by atoms with Crippen molar-refractivity contribution in [3.63, 3.8) is 0 Å². The van der Waals surface area contributed by atoms with E-state index in [1.54, 1.807) is 36.3 Å². The van der Waals surface area contributed by atoms with E-state index in [-0.39, 0.29) is 18.2 Å². The Morgan fingerprint density at radius 1 is 1.20 bits per heavy atom. The second-order valence-electron chi connectivity index (χ2n) is 6.93. The number of carbonyl (C=O) groups excluding carboxylic acids is 2. The third-order valence-corrected chi connectivity index (χ3v) is 5.93. The Kier molecular flexibility index (Phi) is 7.90. The molecule has 158 valence electrons. The Hall–Kier alpha value is -2.35. The van der Waals surface area contributed by atoms with Crippen LogP contribution in [0.5, 0.6) is 0 Å². The van der Waals surface area contributed by atoms with E-state index in [1.807, 2.05) is 31.2 Å². The highest BCUT2D eigenvalue weighted by molar-refractivity contribution is 8.15. The van der Waals surface area contributed by atoms with Gasteiger partial charge >= 0.3 is 0 Å². The second kappa shape index (κ2) is 10.6. The predicted molar refractivity (Wildman–Crippen MR) is 123 cm³/mol. The molecular weight excluding hydrogens is 422 g/mol. The van der Waals surface area contributed by atoms with Crippen LogP contribution in [-0.4, -0.2) is 47.4 Å². The van der Waals surface area contributed by atoms with Gasteiger partial charge in [0, 0.05) is 37.4 Å². The van der Waals surface area contributed by atoms with Gasteiger partial charge in [-0.2, -0.15) is 0 Å². The molecular formula is C22H24ClN3O3S. The van der Waals surface area contributed by atoms with E-state index in [0.29, 0.717) is 35.5 Å². The van der Waals surface area contributed by atoms with Crippen LogP contribution >= 0.6 is 23.4 Å². The van der Waals surface area contributed by atoms with Crippen LogP contribution in [0.25, 0.3) is 0 Å². The van der Waals surface area contributed by atoms with Crippen molar-refractivity contribution in [3.05, 3.63) is 59.1 Å². The van der Waals surface area contributed by atoms with E-state index < -0.39 is 5.25 Å². The molecule has 8 heteroatoms. The first-order valence-electron chi connectivity index (χ1n) is 9.64. The normalized spacial score (nSPS) is 17.6. The van der Waals surface area contributed by atoms with E-state index in [2.05, 4.69) is 10.3 Å². The largest absolute Gasteiger partial charge is 0.385 e. The summed E-state index contributed by atoms with van der Waals surface area (Å²) in [7, 11) is 1.63. The molecule has 1 fully saturated rings. The lowest BCUT2D eigenvalue weighted by Crippen LogP contribution is -2.34. The van der Waals surface area contributed by atoms with Crippen LogP contribution in [-0.2, 0) is 14.3 Å². The van der Waals surface area contributed by atoms with E-state index in [4.69, 9.17) is 16.3 Å². The van der Waals surface area contributed by atoms with Crippen molar-refractivity contribution in [3.8, 4) is 0 Å². The van der Waals surface area contributed by atoms with Crippen molar-refractivity contribution in [2.24, 2.45) is 4.99 Å². The molecule has 2 amide bonds. The van der Waals surface area contributed by atoms with Crippen LogP contribution in [0.4, 0.5) is 11.4 Å². The average molecular weight is 446 g/mol. The van der Waals surface area contributed by atoms with Gasteiger partial charge in [-0.1, -0.05) is 41.1 Å². The molecule has 0 bridgehead atoms. The maximum atomic E-state index is 13.0. The fourth-order valence-corrected chi connectivity index (χ4v) is 4.25. The number of carbonyl (C=O) groups is 2. The summed E-state index contributed by atoms with van der Waals surface area (Å²) in [6, 6.07) is 14.7. The first-order chi connectivity index (χ1) is 14.5. The molecule has 1 atom stereocenters. The highest BCUT2D eigenvalue weighted by Crippen LogP contribution is 2.32. The summed E-state index contributed by atoms with van der Waals surface area (Å²) >= 11 is 7.20. The molecule has 1 aliphatic rings. The third-order valence-electron chi connectivity index (χ3n) is 4.51. The maximum absolute atomic E-state index is 13.0. The minimum atomic E-state index is -0.510. The number of hydrogen-bond acceptors (Lipinski definition) is 5. The summed E-state index contributed by atoms with van der Waals surface area (Å²) in [4.78, 5) is 31.8. The zero-order valence-corrected chi connectivity index (χ0v) is 18.5. The minimum Gasteiger partial charge on any atom is -0.385 e. The molecule has 0 saturated carbocycles. The number of amidine groups is 1. The van der Waals surface area contributed by atoms with Crippen LogP contribution in [0.15, 0.2) is 53.5 Å². The van der Waals surface area contributed by atoms with Gasteiger partial charge in [-0.3, -0.25) is 14.5 Å². The van der Waals surface area contributed by atoms with Crippen molar-refractivity contribution >= 4 is 51.7 Å². The molecule has 1 N–H and O–H groups in total. The number of thioether (sulfide) groups is 1. The molecule has 2 aromatic rings. The van der Waals surface area contributed by atoms with E-state index in [9.17, 15) is 9.59 Å². The van der Waals surface area contributed by atoms with Crippen molar-refractivity contribution in [2.75, 3.05) is 25.6 Å². The van der Waals surface area contributed by atoms with Crippen LogP contribution in [0.3, 0.4) is 0 Å². The van der Waals surface area contributed by atoms with Gasteiger partial charge in [-0.05, 0) is 49.7 Å². The molecule has 0 aliphatic carbocycles. The number of aliphatic imine (C=N–C) groups is 1. The molecule has 0 spiro atoms. The topological polar surface area (TPSA) is 71.0 Å². The Bertz CT molecular complexity index is 916. The number of halogens is 1. The van der Waals surface area contributed by atoms with Gasteiger partial charge in [-0.25, -0.2) is 4.99 Å². The van der Waals surface area contributed by atoms with E-state index in [0.717, 1.165) is 11.3 Å². The zero-order valence-electron chi connectivity index (χ0n) is 16.9. The van der Waals surface area contributed by atoms with Crippen molar-refractivity contribution in [1.82, 2.24) is 4.90 Å². The second-order valence-corrected chi connectivity index (χ2v) is 8.54. The number of ether oxygens (including phenoxy) is 1. The van der Waals surface area contributed by atoms with Crippen LogP contribution in [0.2, 0.25) is 5.02 Å². The molecule has 1 heterocycles. The zero-order chi connectivity index (χ0) is 21.5. The highest BCUT2D eigenvalue weighted by Gasteiger charge is 2.38. The average Bonchev–Trinajstić information content (AvgIpc) is 3.00. The number of nitrogens with one attached hydrogen (secondary N) is 1. The van der Waals surface area contributed by atoms with Gasteiger partial charge in [0.15, 0.2) is 5.17 Å². The van der Waals surface area contributed by atoms with Gasteiger partial charge in [-0.15, -0.1) is 0 Å². The monoisotopic (exact) mass is 445 g/mol. The summed E-state index contributed by atoms with van der Waals surface area (Å²) in [5, 5.41) is 3.51. The van der Waals surface area contributed by atoms with E-state index in [1.165, 1.54) is 11.8 Å². The molecule has 0 radical (unpaired) electrons. The van der Waals surface area contributed by atoms with Crippen LogP contribution in [0, 0.1) is 6.92 Å². The van der Waals surface area contributed by atoms with Crippen molar-refractivity contribution < 1.29 is 14.3 Å². The Balaban J connectivity index is 1.71. The smallest absolute Gasteiger partial charge is 0.242 e. The standard InChI is InChI=1S/C22H24ClN3O3S/c1-15-4-8-18(9-5-15)25-22-26(12-3-13-29-2)21(28)19(30-22)14-20(27)24-17-10-6-16(23)7-11-17/h4-11,19H,3,12-14H2,1-2H3,(H,24,27)/t19-/m0/s1. The molecule has 3 rings (SSSR count). The Labute approximate surface area is 185 Å². The molecule has 30 heavy (non-hydrogen) atoms. The summed E-state index contributed by atoms with van der Waals surface area (Å²) in [5.41, 5.74) is 2.56. The van der Waals surface area contributed by atoms with Crippen LogP contribution in [0.1, 0.15) is 18.4 Å². The molecule has 1 saturated heterocycles. The number of amides is 2. The molecule has 0 aromatic heterocycles. The number of rotatable bonds is 8. The number of benzene rings is 2. The summed E-state index contributed by atoms with van der Waals surface area (Å²) < 4.78 is 5.11. The number of aryl methyl sites for hydroxylation is 1. The summed E-state index contributed by atoms with van der Waals surface area (Å²) in [6.07, 6.45) is 0.763. The summed E-state index contributed by atoms with van der Waals surface area (Å²) in [6.45, 7) is 3.06. The minimum absolute atomic E-state index is 0.0693. The van der Waals surface area contributed by atoms with Crippen LogP contribution < -0.4 is 5.32 Å². The van der Waals surface area contributed by atoms with Gasteiger partial charge in [0.05, 0.1) is 5.69 Å². The lowest BCUT2D eigenvalue weighted by Gasteiger charge is -2.16. The maximum Gasteiger partial charge on any atom is 0.242 e. The molecule has 2 aromatic carbocycles. The number of methoxy groups -OCH3 is 1. The number of anilines is 1. The lowest BCUT2D eigenvalue weighted by atomic mass is 10.2. The van der Waals surface area contributed by atoms with Gasteiger partial charge < -0.3 is 10.1 Å². The Morgan fingerprint density at radius 2 is 1.90 bits per heavy atom. The first kappa shape index (κ1) is 22.3. The Morgan fingerprint density at radius 3 is 2.57 bits per heavy atom. The third kappa shape index (κ3) is 6.08. The fourth-order valence-electron chi connectivity index (χ4n) is 2.94. The molecule has 6 nitrogen and oxygen atoms in total. The fraction of sp³-hybridized carbons (Fsp3) is 0.318. The molecule has 1 aliphatic heterocycles. The highest BCUT2D eigenvalue weighted by atomic mass is 35.5. The van der Waals surface area contributed by atoms with Gasteiger partial charge in [0.2, 0.25) is 11.8 Å². The quantitative estimate of drug-likeness (QED) is 0.600. The lowest BCUT2D eigenvalue weighted by molar-refractivity contribution is -0.128. The number of hydrogen-bond donors (Lipinski definition) is 1. The predicted octanol–water partition coefficient (Wildman–Crippen LogP) is 4.65. The van der Waals surface area contributed by atoms with Gasteiger partial charge in [0.1, 0.15) is 5.25 Å². The summed E-state index contributed by atoms with van der Waals surface area (Å²) in [5.74, 6) is -0.329. The van der Waals surface area contributed by atoms with Crippen molar-refractivity contribution in [2.45, 2.75) is 25.0 Å². The molecule has 0 unspecified atom stereocenters. The van der Waals surface area contributed by atoms with Gasteiger partial charge in [0.25, 0.3) is 0 Å². The first-order valence-corrected chi connectivity index (χ1v) is 10.9.